The Kier molecular flexibility index (Phi) is 15.4. The first kappa shape index (κ1) is 39.3. The Labute approximate surface area is 267 Å². The highest BCUT2D eigenvalue weighted by molar-refractivity contribution is 5.93. The quantitative estimate of drug-likeness (QED) is 0.127. The molecule has 0 aromatic carbocycles. The SMILES string of the molecule is CNCc1ccc(C(=O)NCCCC[C@H](NC(=O)N[C@@H](CCC(=O)OC(C)(C)C)C(=O)OC(C)(C)C)C(=O)OC(C)(C)C)cn1. The summed E-state index contributed by atoms with van der Waals surface area (Å²) in [6.07, 6.45) is 2.52. The van der Waals surface area contributed by atoms with Crippen LogP contribution in [0.1, 0.15) is 110 Å². The van der Waals surface area contributed by atoms with Gasteiger partial charge in [-0.15, -0.1) is 0 Å². The van der Waals surface area contributed by atoms with Crippen molar-refractivity contribution in [3.63, 3.8) is 0 Å². The van der Waals surface area contributed by atoms with E-state index in [1.54, 1.807) is 74.4 Å². The Morgan fingerprint density at radius 2 is 1.29 bits per heavy atom. The lowest BCUT2D eigenvalue weighted by Crippen LogP contribution is -2.53. The number of nitrogens with zero attached hydrogens (tertiary/aromatic N) is 1. The molecule has 1 rings (SSSR count). The van der Waals surface area contributed by atoms with Crippen molar-refractivity contribution in [3.8, 4) is 0 Å². The van der Waals surface area contributed by atoms with E-state index in [2.05, 4.69) is 26.3 Å². The molecule has 1 aromatic heterocycles. The van der Waals surface area contributed by atoms with Crippen LogP contribution in [0.4, 0.5) is 4.79 Å². The van der Waals surface area contributed by atoms with Gasteiger partial charge in [0.05, 0.1) is 11.3 Å². The number of pyridine rings is 1. The average Bonchev–Trinajstić information content (AvgIpc) is 2.87. The number of ether oxygens (including phenoxy) is 3. The van der Waals surface area contributed by atoms with Crippen LogP contribution in [0.25, 0.3) is 0 Å². The fourth-order valence-electron chi connectivity index (χ4n) is 3.88. The number of hydrogen-bond acceptors (Lipinski definition) is 10. The molecule has 0 saturated heterocycles. The van der Waals surface area contributed by atoms with Crippen molar-refractivity contribution in [2.45, 2.75) is 130 Å². The first-order valence-electron chi connectivity index (χ1n) is 15.3. The lowest BCUT2D eigenvalue weighted by Gasteiger charge is -2.27. The number of urea groups is 1. The standard InChI is InChI=1S/C32H53N5O8/c1-30(2,3)43-25(38)17-16-24(28(41)45-32(7,8)9)37-29(42)36-23(27(40)44-31(4,5)6)13-11-12-18-34-26(39)21-14-15-22(20-33-10)35-19-21/h14-15,19,23-24,33H,11-13,16-18,20H2,1-10H3,(H,34,39)(H2,36,37,42)/t23-,24-/m0/s1. The monoisotopic (exact) mass is 635 g/mol. The fourth-order valence-corrected chi connectivity index (χ4v) is 3.88. The van der Waals surface area contributed by atoms with Crippen LogP contribution < -0.4 is 21.3 Å². The van der Waals surface area contributed by atoms with Crippen LogP contribution in [0.2, 0.25) is 0 Å². The summed E-state index contributed by atoms with van der Waals surface area (Å²) < 4.78 is 16.3. The maximum atomic E-state index is 13.1. The number of carbonyl (C=O) groups is 5. The molecule has 0 spiro atoms. The number of unbranched alkanes of at least 4 members (excludes halogenated alkanes) is 1. The highest BCUT2D eigenvalue weighted by Gasteiger charge is 2.31. The molecule has 0 aliphatic carbocycles. The minimum Gasteiger partial charge on any atom is -0.460 e. The van der Waals surface area contributed by atoms with Gasteiger partial charge in [0.2, 0.25) is 0 Å². The third-order valence-corrected chi connectivity index (χ3v) is 5.70. The molecule has 13 nitrogen and oxygen atoms in total. The van der Waals surface area contributed by atoms with Gasteiger partial charge in [0.25, 0.3) is 5.91 Å². The number of esters is 3. The molecule has 0 unspecified atom stereocenters. The van der Waals surface area contributed by atoms with E-state index in [1.165, 1.54) is 6.20 Å². The topological polar surface area (TPSA) is 174 Å². The molecule has 254 valence electrons. The second-order valence-electron chi connectivity index (χ2n) is 13.7. The van der Waals surface area contributed by atoms with Gasteiger partial charge in [-0.05, 0) is 107 Å². The second-order valence-corrected chi connectivity index (χ2v) is 13.7. The highest BCUT2D eigenvalue weighted by atomic mass is 16.6. The Bertz CT molecular complexity index is 1130. The van der Waals surface area contributed by atoms with Crippen LogP contribution in [0, 0.1) is 0 Å². The van der Waals surface area contributed by atoms with Crippen LogP contribution in [0.3, 0.4) is 0 Å². The number of hydrogen-bond donors (Lipinski definition) is 4. The molecular weight excluding hydrogens is 582 g/mol. The summed E-state index contributed by atoms with van der Waals surface area (Å²) in [4.78, 5) is 67.9. The van der Waals surface area contributed by atoms with Gasteiger partial charge in [-0.2, -0.15) is 0 Å². The summed E-state index contributed by atoms with van der Waals surface area (Å²) in [6, 6.07) is 0.475. The van der Waals surface area contributed by atoms with Gasteiger partial charge in [-0.25, -0.2) is 14.4 Å². The Morgan fingerprint density at radius 3 is 1.76 bits per heavy atom. The summed E-state index contributed by atoms with van der Waals surface area (Å²) in [6.45, 7) is 16.3. The first-order valence-corrected chi connectivity index (χ1v) is 15.3. The molecule has 0 aliphatic heterocycles. The molecule has 4 N–H and O–H groups in total. The lowest BCUT2D eigenvalue weighted by molar-refractivity contribution is -0.159. The van der Waals surface area contributed by atoms with Crippen LogP contribution in [0.15, 0.2) is 18.3 Å². The normalized spacial score (nSPS) is 13.2. The largest absolute Gasteiger partial charge is 0.460 e. The molecule has 2 atom stereocenters. The fraction of sp³-hybridized carbons (Fsp3) is 0.688. The smallest absolute Gasteiger partial charge is 0.329 e. The van der Waals surface area contributed by atoms with Crippen molar-refractivity contribution >= 4 is 29.8 Å². The van der Waals surface area contributed by atoms with E-state index < -0.39 is 52.8 Å². The van der Waals surface area contributed by atoms with Gasteiger partial charge in [-0.3, -0.25) is 14.6 Å². The number of aromatic nitrogens is 1. The summed E-state index contributed by atoms with van der Waals surface area (Å²) in [5, 5.41) is 11.0. The van der Waals surface area contributed by atoms with Crippen LogP contribution >= 0.6 is 0 Å². The predicted octanol–water partition coefficient (Wildman–Crippen LogP) is 3.54. The van der Waals surface area contributed by atoms with Gasteiger partial charge in [0, 0.05) is 25.7 Å². The van der Waals surface area contributed by atoms with E-state index in [1.807, 2.05) is 7.05 Å². The molecule has 0 aliphatic rings. The molecular formula is C32H53N5O8. The molecule has 1 heterocycles. The first-order chi connectivity index (χ1) is 20.7. The van der Waals surface area contributed by atoms with Gasteiger partial charge >= 0.3 is 23.9 Å². The summed E-state index contributed by atoms with van der Waals surface area (Å²) in [7, 11) is 1.81. The van der Waals surface area contributed by atoms with E-state index in [-0.39, 0.29) is 25.2 Å². The molecule has 13 heteroatoms. The zero-order chi connectivity index (χ0) is 34.4. The van der Waals surface area contributed by atoms with Crippen LogP contribution in [-0.2, 0) is 35.1 Å². The van der Waals surface area contributed by atoms with Crippen molar-refractivity contribution < 1.29 is 38.2 Å². The van der Waals surface area contributed by atoms with E-state index in [0.29, 0.717) is 31.5 Å². The molecule has 0 saturated carbocycles. The third-order valence-electron chi connectivity index (χ3n) is 5.70. The Balaban J connectivity index is 2.84. The number of rotatable bonds is 15. The number of amides is 3. The zero-order valence-corrected chi connectivity index (χ0v) is 28.5. The minimum atomic E-state index is -1.17. The summed E-state index contributed by atoms with van der Waals surface area (Å²) in [5.41, 5.74) is -1.09. The minimum absolute atomic E-state index is 0.0677. The van der Waals surface area contributed by atoms with Crippen LogP contribution in [0.5, 0.6) is 0 Å². The van der Waals surface area contributed by atoms with Gasteiger partial charge in [0.1, 0.15) is 28.9 Å². The van der Waals surface area contributed by atoms with Gasteiger partial charge in [0.15, 0.2) is 0 Å². The maximum absolute atomic E-state index is 13.1. The second kappa shape index (κ2) is 17.7. The molecule has 1 aromatic rings. The van der Waals surface area contributed by atoms with Crippen LogP contribution in [-0.4, -0.2) is 77.3 Å². The van der Waals surface area contributed by atoms with E-state index in [4.69, 9.17) is 14.2 Å². The van der Waals surface area contributed by atoms with Gasteiger partial charge in [-0.1, -0.05) is 0 Å². The van der Waals surface area contributed by atoms with Crippen molar-refractivity contribution in [1.29, 1.82) is 0 Å². The number of carbonyl (C=O) groups excluding carboxylic acids is 5. The van der Waals surface area contributed by atoms with Crippen molar-refractivity contribution in [1.82, 2.24) is 26.3 Å². The molecule has 0 bridgehead atoms. The average molecular weight is 636 g/mol. The zero-order valence-electron chi connectivity index (χ0n) is 28.5. The summed E-state index contributed by atoms with van der Waals surface area (Å²) in [5.74, 6) is -2.16. The summed E-state index contributed by atoms with van der Waals surface area (Å²) >= 11 is 0. The van der Waals surface area contributed by atoms with Crippen molar-refractivity contribution in [2.75, 3.05) is 13.6 Å². The molecule has 0 radical (unpaired) electrons. The third kappa shape index (κ3) is 18.0. The Morgan fingerprint density at radius 1 is 0.756 bits per heavy atom. The maximum Gasteiger partial charge on any atom is 0.329 e. The van der Waals surface area contributed by atoms with E-state index in [9.17, 15) is 24.0 Å². The highest BCUT2D eigenvalue weighted by Crippen LogP contribution is 2.15. The molecule has 45 heavy (non-hydrogen) atoms. The number of nitrogens with one attached hydrogen (secondary N) is 4. The lowest BCUT2D eigenvalue weighted by atomic mass is 10.1. The molecule has 0 fully saturated rings. The van der Waals surface area contributed by atoms with Gasteiger partial charge < -0.3 is 35.5 Å². The Hall–Kier alpha value is -3.74. The van der Waals surface area contributed by atoms with Crippen molar-refractivity contribution in [2.24, 2.45) is 0 Å². The predicted molar refractivity (Wildman–Crippen MR) is 169 cm³/mol. The molecule has 3 amide bonds. The van der Waals surface area contributed by atoms with E-state index >= 15 is 0 Å². The van der Waals surface area contributed by atoms with Crippen molar-refractivity contribution in [3.05, 3.63) is 29.6 Å². The van der Waals surface area contributed by atoms with E-state index in [0.717, 1.165) is 5.69 Å².